The third-order valence-electron chi connectivity index (χ3n) is 3.49. The Morgan fingerprint density at radius 2 is 1.92 bits per heavy atom. The molecule has 3 rings (SSSR count). The quantitative estimate of drug-likeness (QED) is 0.520. The van der Waals surface area contributed by atoms with Crippen LogP contribution in [0.5, 0.6) is 11.5 Å². The Labute approximate surface area is 144 Å². The largest absolute Gasteiger partial charge is 0.497 e. The molecule has 0 aliphatic rings. The molecule has 3 aromatic rings. The Balaban J connectivity index is 1.65. The fourth-order valence-corrected chi connectivity index (χ4v) is 3.06. The van der Waals surface area contributed by atoms with E-state index in [0.29, 0.717) is 17.9 Å². The average molecular weight is 342 g/mol. The lowest BCUT2D eigenvalue weighted by Gasteiger charge is -2.04. The van der Waals surface area contributed by atoms with E-state index >= 15 is 0 Å². The first-order valence-electron chi connectivity index (χ1n) is 7.62. The Morgan fingerprint density at radius 1 is 1.17 bits per heavy atom. The maximum atomic E-state index is 12.3. The van der Waals surface area contributed by atoms with E-state index in [1.165, 1.54) is 11.8 Å². The van der Waals surface area contributed by atoms with Gasteiger partial charge in [0.15, 0.2) is 10.9 Å². The van der Waals surface area contributed by atoms with Gasteiger partial charge >= 0.3 is 0 Å². The van der Waals surface area contributed by atoms with Crippen molar-refractivity contribution in [3.8, 4) is 11.5 Å². The van der Waals surface area contributed by atoms with E-state index in [1.54, 1.807) is 19.2 Å². The van der Waals surface area contributed by atoms with Gasteiger partial charge in [-0.2, -0.15) is 0 Å². The summed E-state index contributed by atoms with van der Waals surface area (Å²) in [5.74, 6) is 1.92. The van der Waals surface area contributed by atoms with Gasteiger partial charge in [0.25, 0.3) is 0 Å². The van der Waals surface area contributed by atoms with Crippen molar-refractivity contribution in [2.24, 2.45) is 0 Å². The highest BCUT2D eigenvalue weighted by molar-refractivity contribution is 7.99. The van der Waals surface area contributed by atoms with Gasteiger partial charge in [-0.15, -0.1) is 0 Å². The molecule has 0 saturated carbocycles. The normalized spacial score (nSPS) is 10.8. The van der Waals surface area contributed by atoms with Crippen molar-refractivity contribution in [3.05, 3.63) is 48.0 Å². The highest BCUT2D eigenvalue weighted by atomic mass is 32.2. The summed E-state index contributed by atoms with van der Waals surface area (Å²) >= 11 is 1.39. The summed E-state index contributed by atoms with van der Waals surface area (Å²) in [6, 6.07) is 12.9. The summed E-state index contributed by atoms with van der Waals surface area (Å²) in [6.07, 6.45) is 0. The zero-order valence-electron chi connectivity index (χ0n) is 13.5. The van der Waals surface area contributed by atoms with Crippen molar-refractivity contribution in [2.75, 3.05) is 19.5 Å². The van der Waals surface area contributed by atoms with Gasteiger partial charge < -0.3 is 14.5 Å². The van der Waals surface area contributed by atoms with Crippen LogP contribution in [0.15, 0.2) is 47.6 Å². The molecular weight excluding hydrogens is 324 g/mol. The molecule has 0 fully saturated rings. The predicted octanol–water partition coefficient (Wildman–Crippen LogP) is 3.95. The fourth-order valence-electron chi connectivity index (χ4n) is 2.28. The summed E-state index contributed by atoms with van der Waals surface area (Å²) in [6.45, 7) is 2.54. The Kier molecular flexibility index (Phi) is 5.05. The Bertz CT molecular complexity index is 843. The lowest BCUT2D eigenvalue weighted by Crippen LogP contribution is -2.02. The topological polar surface area (TPSA) is 64.2 Å². The second kappa shape index (κ2) is 7.40. The number of Topliss-reactive ketones (excluding diaryl/α,β-unsaturated/α-hetero) is 1. The van der Waals surface area contributed by atoms with E-state index in [0.717, 1.165) is 27.7 Å². The number of nitrogens with zero attached hydrogens (tertiary/aromatic N) is 1. The van der Waals surface area contributed by atoms with Crippen LogP contribution >= 0.6 is 11.8 Å². The van der Waals surface area contributed by atoms with E-state index in [4.69, 9.17) is 9.47 Å². The van der Waals surface area contributed by atoms with Gasteiger partial charge in [0.1, 0.15) is 11.5 Å². The molecule has 0 atom stereocenters. The van der Waals surface area contributed by atoms with Crippen molar-refractivity contribution in [2.45, 2.75) is 12.1 Å². The van der Waals surface area contributed by atoms with Gasteiger partial charge in [-0.3, -0.25) is 4.79 Å². The molecule has 0 unspecified atom stereocenters. The van der Waals surface area contributed by atoms with E-state index in [2.05, 4.69) is 9.97 Å². The lowest BCUT2D eigenvalue weighted by atomic mass is 10.1. The van der Waals surface area contributed by atoms with Gasteiger partial charge in [-0.05, 0) is 43.3 Å². The molecule has 0 spiro atoms. The predicted molar refractivity (Wildman–Crippen MR) is 95.3 cm³/mol. The van der Waals surface area contributed by atoms with Gasteiger partial charge in [-0.25, -0.2) is 4.98 Å². The number of hydrogen-bond acceptors (Lipinski definition) is 5. The molecule has 0 bridgehead atoms. The number of thioether (sulfide) groups is 1. The van der Waals surface area contributed by atoms with E-state index < -0.39 is 0 Å². The van der Waals surface area contributed by atoms with Crippen molar-refractivity contribution < 1.29 is 14.3 Å². The first-order valence-corrected chi connectivity index (χ1v) is 8.60. The van der Waals surface area contributed by atoms with E-state index in [9.17, 15) is 4.79 Å². The number of rotatable bonds is 7. The van der Waals surface area contributed by atoms with Crippen LogP contribution in [0.2, 0.25) is 0 Å². The number of hydrogen-bond donors (Lipinski definition) is 1. The van der Waals surface area contributed by atoms with Gasteiger partial charge in [0, 0.05) is 11.6 Å². The number of ether oxygens (including phenoxy) is 2. The molecular formula is C18H18N2O3S. The molecule has 0 saturated heterocycles. The fraction of sp³-hybridized carbons (Fsp3) is 0.222. The molecule has 1 aromatic heterocycles. The zero-order chi connectivity index (χ0) is 16.9. The molecule has 5 nitrogen and oxygen atoms in total. The number of methoxy groups -OCH3 is 1. The minimum atomic E-state index is 0.0566. The maximum Gasteiger partial charge on any atom is 0.173 e. The monoisotopic (exact) mass is 342 g/mol. The average Bonchev–Trinajstić information content (AvgIpc) is 3.02. The van der Waals surface area contributed by atoms with Crippen molar-refractivity contribution in [1.29, 1.82) is 0 Å². The molecule has 0 radical (unpaired) electrons. The lowest BCUT2D eigenvalue weighted by molar-refractivity contribution is 0.102. The van der Waals surface area contributed by atoms with Crippen LogP contribution in [0, 0.1) is 0 Å². The minimum Gasteiger partial charge on any atom is -0.497 e. The molecule has 124 valence electrons. The van der Waals surface area contributed by atoms with Gasteiger partial charge in [0.05, 0.1) is 30.5 Å². The van der Waals surface area contributed by atoms with Crippen molar-refractivity contribution in [3.63, 3.8) is 0 Å². The van der Waals surface area contributed by atoms with Crippen molar-refractivity contribution >= 4 is 28.6 Å². The summed E-state index contributed by atoms with van der Waals surface area (Å²) in [5.41, 5.74) is 2.42. The van der Waals surface area contributed by atoms with E-state index in [-0.39, 0.29) is 5.78 Å². The highest BCUT2D eigenvalue weighted by Gasteiger charge is 2.10. The van der Waals surface area contributed by atoms with Crippen LogP contribution in [0.4, 0.5) is 0 Å². The molecule has 1 N–H and O–H groups in total. The molecule has 0 aliphatic heterocycles. The number of carbonyl (C=O) groups excluding carboxylic acids is 1. The number of ketones is 1. The van der Waals surface area contributed by atoms with Crippen LogP contribution in [0.1, 0.15) is 17.3 Å². The van der Waals surface area contributed by atoms with Crippen molar-refractivity contribution in [1.82, 2.24) is 9.97 Å². The molecule has 2 aromatic carbocycles. The second-order valence-electron chi connectivity index (χ2n) is 5.09. The number of fused-ring (bicyclic) bond motifs is 1. The first-order chi connectivity index (χ1) is 11.7. The van der Waals surface area contributed by atoms with Crippen LogP contribution in [0.3, 0.4) is 0 Å². The molecule has 0 aliphatic carbocycles. The molecule has 0 amide bonds. The zero-order valence-corrected chi connectivity index (χ0v) is 14.4. The molecule has 24 heavy (non-hydrogen) atoms. The number of aromatic nitrogens is 2. The van der Waals surface area contributed by atoms with Crippen LogP contribution in [-0.4, -0.2) is 35.2 Å². The minimum absolute atomic E-state index is 0.0566. The third-order valence-corrected chi connectivity index (χ3v) is 4.37. The number of imidazole rings is 1. The third kappa shape index (κ3) is 3.71. The van der Waals surface area contributed by atoms with Crippen LogP contribution in [0.25, 0.3) is 11.0 Å². The Hall–Kier alpha value is -2.47. The number of H-pyrrole nitrogens is 1. The molecule has 1 heterocycles. The summed E-state index contributed by atoms with van der Waals surface area (Å²) in [7, 11) is 1.63. The second-order valence-corrected chi connectivity index (χ2v) is 6.06. The number of benzene rings is 2. The van der Waals surface area contributed by atoms with Crippen LogP contribution < -0.4 is 9.47 Å². The number of carbonyl (C=O) groups is 1. The molecule has 6 heteroatoms. The Morgan fingerprint density at radius 3 is 2.62 bits per heavy atom. The first kappa shape index (κ1) is 16.4. The summed E-state index contributed by atoms with van der Waals surface area (Å²) in [5, 5.41) is 0.720. The standard InChI is InChI=1S/C18H18N2O3S/c1-3-23-13-6-4-12(5-7-13)17(21)11-24-18-19-15-9-8-14(22-2)10-16(15)20-18/h4-10H,3,11H2,1-2H3,(H,19,20). The van der Waals surface area contributed by atoms with Gasteiger partial charge in [0.2, 0.25) is 0 Å². The van der Waals surface area contributed by atoms with Gasteiger partial charge in [-0.1, -0.05) is 11.8 Å². The van der Waals surface area contributed by atoms with Crippen LogP contribution in [-0.2, 0) is 0 Å². The number of aromatic amines is 1. The summed E-state index contributed by atoms with van der Waals surface area (Å²) < 4.78 is 10.6. The maximum absolute atomic E-state index is 12.3. The SMILES string of the molecule is CCOc1ccc(C(=O)CSc2nc3ccc(OC)cc3[nH]2)cc1. The summed E-state index contributed by atoms with van der Waals surface area (Å²) in [4.78, 5) is 20.0. The smallest absolute Gasteiger partial charge is 0.173 e. The number of nitrogens with one attached hydrogen (secondary N) is 1. The van der Waals surface area contributed by atoms with E-state index in [1.807, 2.05) is 37.3 Å². The highest BCUT2D eigenvalue weighted by Crippen LogP contribution is 2.24.